The van der Waals surface area contributed by atoms with E-state index in [2.05, 4.69) is 11.6 Å². The summed E-state index contributed by atoms with van der Waals surface area (Å²) in [7, 11) is 0. The summed E-state index contributed by atoms with van der Waals surface area (Å²) < 4.78 is 14.3. The Balaban J connectivity index is 1.74. The minimum atomic E-state index is -0.305. The molecule has 1 aromatic heterocycles. The maximum absolute atomic E-state index is 12.3. The second-order valence-corrected chi connectivity index (χ2v) is 6.95. The lowest BCUT2D eigenvalue weighted by Gasteiger charge is -2.18. The van der Waals surface area contributed by atoms with Crippen LogP contribution in [0.2, 0.25) is 0 Å². The van der Waals surface area contributed by atoms with Gasteiger partial charge in [-0.3, -0.25) is 4.79 Å². The number of ether oxygens (including phenoxy) is 2. The Morgan fingerprint density at radius 1 is 1.19 bits per heavy atom. The number of thiazole rings is 1. The highest BCUT2D eigenvalue weighted by Gasteiger charge is 2.16. The summed E-state index contributed by atoms with van der Waals surface area (Å²) >= 11 is 1.44. The number of rotatable bonds is 4. The van der Waals surface area contributed by atoms with Gasteiger partial charge in [-0.05, 0) is 11.6 Å². The number of benzene rings is 2. The predicted molar refractivity (Wildman–Crippen MR) is 107 cm³/mol. The Kier molecular flexibility index (Phi) is 4.89. The largest absolute Gasteiger partial charge is 0.486 e. The van der Waals surface area contributed by atoms with E-state index in [-0.39, 0.29) is 5.91 Å². The molecule has 3 aromatic rings. The zero-order chi connectivity index (χ0) is 18.6. The quantitative estimate of drug-likeness (QED) is 0.513. The van der Waals surface area contributed by atoms with Crippen LogP contribution in [0.1, 0.15) is 5.56 Å². The van der Waals surface area contributed by atoms with Crippen molar-refractivity contribution < 1.29 is 14.3 Å². The van der Waals surface area contributed by atoms with E-state index in [0.29, 0.717) is 30.3 Å². The van der Waals surface area contributed by atoms with E-state index in [4.69, 9.17) is 9.47 Å². The van der Waals surface area contributed by atoms with E-state index >= 15 is 0 Å². The van der Waals surface area contributed by atoms with Crippen LogP contribution in [0.25, 0.3) is 16.3 Å². The number of hydrogen-bond donors (Lipinski definition) is 0. The highest BCUT2D eigenvalue weighted by atomic mass is 32.1. The summed E-state index contributed by atoms with van der Waals surface area (Å²) in [5.41, 5.74) is 1.90. The van der Waals surface area contributed by atoms with Crippen molar-refractivity contribution >= 4 is 33.5 Å². The SMILES string of the molecule is C=CCn1c(=NC(=O)C=Cc2ccccc2)sc2cc3c(cc21)OCCO3. The molecule has 4 rings (SSSR count). The zero-order valence-corrected chi connectivity index (χ0v) is 15.4. The molecule has 27 heavy (non-hydrogen) atoms. The molecule has 0 aliphatic carbocycles. The van der Waals surface area contributed by atoms with Crippen LogP contribution in [-0.4, -0.2) is 23.7 Å². The molecule has 2 aromatic carbocycles. The van der Waals surface area contributed by atoms with Crippen LogP contribution >= 0.6 is 11.3 Å². The van der Waals surface area contributed by atoms with Gasteiger partial charge in [0.1, 0.15) is 13.2 Å². The van der Waals surface area contributed by atoms with Crippen LogP contribution < -0.4 is 14.3 Å². The number of amides is 1. The molecule has 0 saturated heterocycles. The summed E-state index contributed by atoms with van der Waals surface area (Å²) in [4.78, 5) is 17.2. The molecule has 0 atom stereocenters. The Morgan fingerprint density at radius 2 is 1.93 bits per heavy atom. The van der Waals surface area contributed by atoms with Crippen molar-refractivity contribution in [3.63, 3.8) is 0 Å². The van der Waals surface area contributed by atoms with Gasteiger partial charge in [-0.2, -0.15) is 4.99 Å². The standard InChI is InChI=1S/C21H18N2O3S/c1-2-10-23-16-13-17-18(26-12-11-25-17)14-19(16)27-21(23)22-20(24)9-8-15-6-4-3-5-7-15/h2-9,13-14H,1,10-12H2. The number of fused-ring (bicyclic) bond motifs is 2. The van der Waals surface area contributed by atoms with Crippen LogP contribution in [0, 0.1) is 0 Å². The fourth-order valence-electron chi connectivity index (χ4n) is 2.86. The molecule has 0 spiro atoms. The van der Waals surface area contributed by atoms with Crippen molar-refractivity contribution in [2.45, 2.75) is 6.54 Å². The first-order valence-electron chi connectivity index (χ1n) is 8.60. The first-order chi connectivity index (χ1) is 13.2. The topological polar surface area (TPSA) is 52.8 Å². The maximum Gasteiger partial charge on any atom is 0.272 e. The molecular weight excluding hydrogens is 360 g/mol. The average Bonchev–Trinajstić information content (AvgIpc) is 3.02. The lowest BCUT2D eigenvalue weighted by atomic mass is 10.2. The normalized spacial score (nSPS) is 14.0. The van der Waals surface area contributed by atoms with Crippen molar-refractivity contribution in [3.05, 3.63) is 71.6 Å². The number of hydrogen-bond acceptors (Lipinski definition) is 4. The van der Waals surface area contributed by atoms with Crippen molar-refractivity contribution in [1.82, 2.24) is 4.57 Å². The molecule has 1 amide bonds. The van der Waals surface area contributed by atoms with Gasteiger partial charge in [0.25, 0.3) is 5.91 Å². The molecule has 0 N–H and O–H groups in total. The molecule has 6 heteroatoms. The van der Waals surface area contributed by atoms with Crippen molar-refractivity contribution in [2.75, 3.05) is 13.2 Å². The number of aromatic nitrogens is 1. The molecule has 5 nitrogen and oxygen atoms in total. The molecule has 0 saturated carbocycles. The Hall–Kier alpha value is -3.12. The highest BCUT2D eigenvalue weighted by Crippen LogP contribution is 2.35. The minimum Gasteiger partial charge on any atom is -0.486 e. The summed E-state index contributed by atoms with van der Waals surface area (Å²) in [5, 5.41) is 0. The van der Waals surface area contributed by atoms with Crippen LogP contribution in [0.3, 0.4) is 0 Å². The number of allylic oxidation sites excluding steroid dienone is 1. The Morgan fingerprint density at radius 3 is 2.67 bits per heavy atom. The summed E-state index contributed by atoms with van der Waals surface area (Å²) in [6.45, 7) is 5.43. The van der Waals surface area contributed by atoms with E-state index in [1.54, 1.807) is 12.2 Å². The van der Waals surface area contributed by atoms with Gasteiger partial charge in [-0.25, -0.2) is 0 Å². The van der Waals surface area contributed by atoms with Crippen LogP contribution in [-0.2, 0) is 11.3 Å². The minimum absolute atomic E-state index is 0.305. The lowest BCUT2D eigenvalue weighted by Crippen LogP contribution is -2.17. The zero-order valence-electron chi connectivity index (χ0n) is 14.6. The van der Waals surface area contributed by atoms with Crippen molar-refractivity contribution in [3.8, 4) is 11.5 Å². The molecule has 1 aliphatic heterocycles. The van der Waals surface area contributed by atoms with Gasteiger partial charge in [0, 0.05) is 24.8 Å². The van der Waals surface area contributed by atoms with Gasteiger partial charge in [0.15, 0.2) is 16.3 Å². The average molecular weight is 378 g/mol. The molecule has 0 radical (unpaired) electrons. The van der Waals surface area contributed by atoms with Crippen LogP contribution in [0.15, 0.2) is 66.2 Å². The van der Waals surface area contributed by atoms with Crippen LogP contribution in [0.4, 0.5) is 0 Å². The third kappa shape index (κ3) is 3.71. The lowest BCUT2D eigenvalue weighted by molar-refractivity contribution is -0.113. The third-order valence-electron chi connectivity index (χ3n) is 4.08. The third-order valence-corrected chi connectivity index (χ3v) is 5.12. The van der Waals surface area contributed by atoms with E-state index < -0.39 is 0 Å². The van der Waals surface area contributed by atoms with Gasteiger partial charge >= 0.3 is 0 Å². The fourth-order valence-corrected chi connectivity index (χ4v) is 3.92. The maximum atomic E-state index is 12.3. The van der Waals surface area contributed by atoms with Gasteiger partial charge in [0.05, 0.1) is 10.2 Å². The van der Waals surface area contributed by atoms with Gasteiger partial charge in [0.2, 0.25) is 0 Å². The first kappa shape index (κ1) is 17.3. The second-order valence-electron chi connectivity index (χ2n) is 5.94. The van der Waals surface area contributed by atoms with Gasteiger partial charge in [-0.1, -0.05) is 47.7 Å². The number of nitrogens with zero attached hydrogens (tertiary/aromatic N) is 2. The molecular formula is C21H18N2O3S. The molecule has 0 bridgehead atoms. The molecule has 0 unspecified atom stereocenters. The number of carbonyl (C=O) groups excluding carboxylic acids is 1. The Bertz CT molecular complexity index is 1090. The predicted octanol–water partition coefficient (Wildman–Crippen LogP) is 3.80. The molecule has 2 heterocycles. The van der Waals surface area contributed by atoms with Gasteiger partial charge in [-0.15, -0.1) is 6.58 Å². The van der Waals surface area contributed by atoms with Crippen molar-refractivity contribution in [2.24, 2.45) is 4.99 Å². The number of carbonyl (C=O) groups is 1. The summed E-state index contributed by atoms with van der Waals surface area (Å²) in [5.74, 6) is 1.13. The Labute approximate surface area is 160 Å². The van der Waals surface area contributed by atoms with E-state index in [1.165, 1.54) is 17.4 Å². The monoisotopic (exact) mass is 378 g/mol. The second kappa shape index (κ2) is 7.63. The first-order valence-corrected chi connectivity index (χ1v) is 9.42. The molecule has 1 aliphatic rings. The highest BCUT2D eigenvalue weighted by molar-refractivity contribution is 7.16. The van der Waals surface area contributed by atoms with Gasteiger partial charge < -0.3 is 14.0 Å². The van der Waals surface area contributed by atoms with E-state index in [1.807, 2.05) is 47.0 Å². The summed E-state index contributed by atoms with van der Waals surface area (Å²) in [6.07, 6.45) is 5.03. The summed E-state index contributed by atoms with van der Waals surface area (Å²) in [6, 6.07) is 13.5. The molecule has 136 valence electrons. The molecule has 0 fully saturated rings. The van der Waals surface area contributed by atoms with Crippen molar-refractivity contribution in [1.29, 1.82) is 0 Å². The fraction of sp³-hybridized carbons (Fsp3) is 0.143. The van der Waals surface area contributed by atoms with E-state index in [9.17, 15) is 4.79 Å². The van der Waals surface area contributed by atoms with Crippen LogP contribution in [0.5, 0.6) is 11.5 Å². The smallest absolute Gasteiger partial charge is 0.272 e. The van der Waals surface area contributed by atoms with E-state index in [0.717, 1.165) is 21.5 Å².